The maximum absolute atomic E-state index is 11.0. The number of fused-ring (bicyclic) bond motifs is 1. The van der Waals surface area contributed by atoms with Gasteiger partial charge in [0.15, 0.2) is 0 Å². The molecule has 2 aromatic rings. The van der Waals surface area contributed by atoms with Crippen LogP contribution in [0.5, 0.6) is 0 Å². The molecule has 21 heavy (non-hydrogen) atoms. The van der Waals surface area contributed by atoms with E-state index in [2.05, 4.69) is 12.1 Å². The van der Waals surface area contributed by atoms with E-state index in [1.165, 1.54) is 0 Å². The minimum Gasteiger partial charge on any atom is -0.465 e. The van der Waals surface area contributed by atoms with Crippen molar-refractivity contribution in [3.05, 3.63) is 35.8 Å². The quantitative estimate of drug-likeness (QED) is 0.728. The van der Waals surface area contributed by atoms with Crippen molar-refractivity contribution in [1.29, 1.82) is 0 Å². The summed E-state index contributed by atoms with van der Waals surface area (Å²) in [6.45, 7) is 3.24. The van der Waals surface area contributed by atoms with Gasteiger partial charge in [-0.3, -0.25) is 0 Å². The fourth-order valence-corrected chi connectivity index (χ4v) is 2.60. The summed E-state index contributed by atoms with van der Waals surface area (Å²) >= 11 is 0. The van der Waals surface area contributed by atoms with Crippen LogP contribution in [0.3, 0.4) is 0 Å². The van der Waals surface area contributed by atoms with Crippen molar-refractivity contribution in [2.45, 2.75) is 52.4 Å². The Kier molecular flexibility index (Phi) is 5.32. The SMILES string of the molecule is CC(=O)CCCc1oc(CCCC(C)=O)c2ccccc12. The number of rotatable bonds is 8. The largest absolute Gasteiger partial charge is 0.465 e. The van der Waals surface area contributed by atoms with E-state index >= 15 is 0 Å². The Morgan fingerprint density at radius 3 is 1.67 bits per heavy atom. The number of Topliss-reactive ketones (excluding diaryl/α,β-unsaturated/α-hetero) is 2. The molecule has 0 aliphatic rings. The van der Waals surface area contributed by atoms with E-state index in [0.717, 1.165) is 48.0 Å². The highest BCUT2D eigenvalue weighted by molar-refractivity contribution is 5.87. The monoisotopic (exact) mass is 286 g/mol. The maximum atomic E-state index is 11.0. The predicted molar refractivity (Wildman–Crippen MR) is 83.5 cm³/mol. The first-order valence-corrected chi connectivity index (χ1v) is 7.56. The molecule has 0 fully saturated rings. The summed E-state index contributed by atoms with van der Waals surface area (Å²) in [5.41, 5.74) is 0. The van der Waals surface area contributed by atoms with E-state index in [9.17, 15) is 9.59 Å². The van der Waals surface area contributed by atoms with Crippen molar-refractivity contribution in [1.82, 2.24) is 0 Å². The van der Waals surface area contributed by atoms with Gasteiger partial charge in [0.2, 0.25) is 0 Å². The second-order valence-corrected chi connectivity index (χ2v) is 5.61. The molecule has 112 valence electrons. The van der Waals surface area contributed by atoms with Gasteiger partial charge in [0.25, 0.3) is 0 Å². The van der Waals surface area contributed by atoms with Crippen molar-refractivity contribution >= 4 is 22.3 Å². The summed E-state index contributed by atoms with van der Waals surface area (Å²) < 4.78 is 6.01. The second-order valence-electron chi connectivity index (χ2n) is 5.61. The molecule has 0 saturated heterocycles. The van der Waals surface area contributed by atoms with Crippen LogP contribution in [0.1, 0.15) is 51.1 Å². The minimum absolute atomic E-state index is 0.215. The summed E-state index contributed by atoms with van der Waals surface area (Å²) in [7, 11) is 0. The van der Waals surface area contributed by atoms with Gasteiger partial charge in [0.05, 0.1) is 0 Å². The van der Waals surface area contributed by atoms with Crippen molar-refractivity contribution in [3.63, 3.8) is 0 Å². The maximum Gasteiger partial charge on any atom is 0.129 e. The lowest BCUT2D eigenvalue weighted by molar-refractivity contribution is -0.117. The summed E-state index contributed by atoms with van der Waals surface area (Å²) in [5.74, 6) is 2.36. The van der Waals surface area contributed by atoms with Gasteiger partial charge in [-0.15, -0.1) is 0 Å². The van der Waals surface area contributed by atoms with Crippen molar-refractivity contribution < 1.29 is 14.0 Å². The van der Waals surface area contributed by atoms with Crippen LogP contribution < -0.4 is 0 Å². The van der Waals surface area contributed by atoms with E-state index in [-0.39, 0.29) is 11.6 Å². The molecule has 3 nitrogen and oxygen atoms in total. The Bertz CT molecular complexity index is 583. The zero-order chi connectivity index (χ0) is 15.2. The smallest absolute Gasteiger partial charge is 0.129 e. The number of aryl methyl sites for hydroxylation is 2. The highest BCUT2D eigenvalue weighted by atomic mass is 16.3. The fourth-order valence-electron chi connectivity index (χ4n) is 2.60. The molecule has 0 saturated carbocycles. The topological polar surface area (TPSA) is 47.3 Å². The van der Waals surface area contributed by atoms with Crippen LogP contribution in [0.25, 0.3) is 10.8 Å². The average molecular weight is 286 g/mol. The van der Waals surface area contributed by atoms with Crippen molar-refractivity contribution in [2.24, 2.45) is 0 Å². The molecule has 1 aromatic heterocycles. The van der Waals surface area contributed by atoms with Gasteiger partial charge in [-0.05, 0) is 26.7 Å². The van der Waals surface area contributed by atoms with Crippen molar-refractivity contribution in [3.8, 4) is 0 Å². The summed E-state index contributed by atoms with van der Waals surface area (Å²) in [4.78, 5) is 22.1. The summed E-state index contributed by atoms with van der Waals surface area (Å²) in [6, 6.07) is 8.14. The molecule has 0 N–H and O–H groups in total. The summed E-state index contributed by atoms with van der Waals surface area (Å²) in [5, 5.41) is 2.28. The van der Waals surface area contributed by atoms with Gasteiger partial charge < -0.3 is 14.0 Å². The van der Waals surface area contributed by atoms with E-state index in [0.29, 0.717) is 12.8 Å². The van der Waals surface area contributed by atoms with Gasteiger partial charge >= 0.3 is 0 Å². The van der Waals surface area contributed by atoms with E-state index in [1.54, 1.807) is 13.8 Å². The third-order valence-electron chi connectivity index (χ3n) is 3.64. The van der Waals surface area contributed by atoms with Gasteiger partial charge in [0, 0.05) is 36.5 Å². The number of carbonyl (C=O) groups excluding carboxylic acids is 2. The van der Waals surface area contributed by atoms with Crippen LogP contribution in [0, 0.1) is 0 Å². The first-order chi connectivity index (χ1) is 10.1. The lowest BCUT2D eigenvalue weighted by Gasteiger charge is -1.97. The summed E-state index contributed by atoms with van der Waals surface area (Å²) in [6.07, 6.45) is 4.39. The average Bonchev–Trinajstić information content (AvgIpc) is 2.77. The third-order valence-corrected chi connectivity index (χ3v) is 3.64. The van der Waals surface area contributed by atoms with Crippen molar-refractivity contribution in [2.75, 3.05) is 0 Å². The Morgan fingerprint density at radius 2 is 1.29 bits per heavy atom. The number of ketones is 2. The molecule has 0 amide bonds. The molecule has 3 heteroatoms. The molecule has 0 atom stereocenters. The molecule has 0 aliphatic heterocycles. The molecule has 0 aliphatic carbocycles. The van der Waals surface area contributed by atoms with Gasteiger partial charge in [-0.25, -0.2) is 0 Å². The van der Waals surface area contributed by atoms with Crippen LogP contribution in [0.4, 0.5) is 0 Å². The normalized spacial score (nSPS) is 11.0. The molecular formula is C18H22O3. The van der Waals surface area contributed by atoms with Gasteiger partial charge in [-0.2, -0.15) is 0 Å². The molecule has 2 rings (SSSR count). The molecule has 0 radical (unpaired) electrons. The zero-order valence-electron chi connectivity index (χ0n) is 12.8. The first-order valence-electron chi connectivity index (χ1n) is 7.56. The molecule has 0 spiro atoms. The predicted octanol–water partition coefficient (Wildman–Crippen LogP) is 4.26. The Labute approximate surface area is 125 Å². The lowest BCUT2D eigenvalue weighted by Crippen LogP contribution is -1.92. The van der Waals surface area contributed by atoms with Crippen LogP contribution >= 0.6 is 0 Å². The third kappa shape index (κ3) is 4.28. The Morgan fingerprint density at radius 1 is 0.857 bits per heavy atom. The van der Waals surface area contributed by atoms with Crippen LogP contribution in [0.15, 0.2) is 28.7 Å². The number of furan rings is 1. The zero-order valence-corrected chi connectivity index (χ0v) is 12.8. The lowest BCUT2D eigenvalue weighted by atomic mass is 10.1. The minimum atomic E-state index is 0.215. The fraction of sp³-hybridized carbons (Fsp3) is 0.444. The molecule has 1 aromatic carbocycles. The number of hydrogen-bond acceptors (Lipinski definition) is 3. The van der Waals surface area contributed by atoms with Crippen LogP contribution in [0.2, 0.25) is 0 Å². The van der Waals surface area contributed by atoms with Crippen LogP contribution in [-0.4, -0.2) is 11.6 Å². The first kappa shape index (κ1) is 15.5. The van der Waals surface area contributed by atoms with E-state index in [4.69, 9.17) is 4.42 Å². The Hall–Kier alpha value is -1.90. The number of carbonyl (C=O) groups is 2. The highest BCUT2D eigenvalue weighted by Gasteiger charge is 2.12. The Balaban J connectivity index is 2.13. The molecule has 0 bridgehead atoms. The number of benzene rings is 1. The number of hydrogen-bond donors (Lipinski definition) is 0. The van der Waals surface area contributed by atoms with Gasteiger partial charge in [0.1, 0.15) is 23.1 Å². The standard InChI is InChI=1S/C18H22O3/c1-13(19)7-5-11-17-15-9-3-4-10-16(15)18(21-17)12-6-8-14(2)20/h3-4,9-10H,5-8,11-12H2,1-2H3. The van der Waals surface area contributed by atoms with Gasteiger partial charge in [-0.1, -0.05) is 24.3 Å². The highest BCUT2D eigenvalue weighted by Crippen LogP contribution is 2.28. The molecular weight excluding hydrogens is 264 g/mol. The molecule has 1 heterocycles. The van der Waals surface area contributed by atoms with E-state index < -0.39 is 0 Å². The van der Waals surface area contributed by atoms with E-state index in [1.807, 2.05) is 12.1 Å². The van der Waals surface area contributed by atoms with Crippen LogP contribution in [-0.2, 0) is 22.4 Å². The second kappa shape index (κ2) is 7.21. The molecule has 0 unspecified atom stereocenters.